The molecule has 0 unspecified atom stereocenters. The highest BCUT2D eigenvalue weighted by molar-refractivity contribution is 9.10. The zero-order valence-corrected chi connectivity index (χ0v) is 13.0. The van der Waals surface area contributed by atoms with E-state index in [9.17, 15) is 4.79 Å². The predicted molar refractivity (Wildman–Crippen MR) is 78.5 cm³/mol. The van der Waals surface area contributed by atoms with E-state index < -0.39 is 0 Å². The number of ether oxygens (including phenoxy) is 2. The summed E-state index contributed by atoms with van der Waals surface area (Å²) in [4.78, 5) is 12.0. The van der Waals surface area contributed by atoms with Crippen LogP contribution in [0.2, 0.25) is 0 Å². The smallest absolute Gasteiger partial charge is 0.251 e. The van der Waals surface area contributed by atoms with Gasteiger partial charge in [0.25, 0.3) is 5.91 Å². The molecule has 0 bridgehead atoms. The van der Waals surface area contributed by atoms with Crippen LogP contribution in [0.5, 0.6) is 0 Å². The summed E-state index contributed by atoms with van der Waals surface area (Å²) in [6.45, 7) is 4.35. The molecule has 19 heavy (non-hydrogen) atoms. The van der Waals surface area contributed by atoms with Gasteiger partial charge < -0.3 is 14.8 Å². The standard InChI is InChI=1S/C14H20BrNO3/c1-11-12(5-3-6-13(11)15)14(17)16-7-4-8-19-10-9-18-2/h3,5-6H,4,7-10H2,1-2H3,(H,16,17). The van der Waals surface area contributed by atoms with Crippen molar-refractivity contribution in [1.82, 2.24) is 5.32 Å². The van der Waals surface area contributed by atoms with E-state index in [-0.39, 0.29) is 5.91 Å². The van der Waals surface area contributed by atoms with Crippen LogP contribution >= 0.6 is 15.9 Å². The number of rotatable bonds is 8. The van der Waals surface area contributed by atoms with E-state index in [1.54, 1.807) is 7.11 Å². The van der Waals surface area contributed by atoms with E-state index in [0.29, 0.717) is 31.9 Å². The van der Waals surface area contributed by atoms with Crippen LogP contribution < -0.4 is 5.32 Å². The Kier molecular flexibility index (Phi) is 7.70. The van der Waals surface area contributed by atoms with Crippen LogP contribution in [-0.2, 0) is 9.47 Å². The van der Waals surface area contributed by atoms with Crippen LogP contribution in [0.3, 0.4) is 0 Å². The van der Waals surface area contributed by atoms with E-state index in [1.807, 2.05) is 25.1 Å². The van der Waals surface area contributed by atoms with E-state index in [1.165, 1.54) is 0 Å². The van der Waals surface area contributed by atoms with E-state index >= 15 is 0 Å². The fraction of sp³-hybridized carbons (Fsp3) is 0.500. The monoisotopic (exact) mass is 329 g/mol. The molecule has 0 heterocycles. The van der Waals surface area contributed by atoms with Crippen molar-refractivity contribution >= 4 is 21.8 Å². The normalized spacial score (nSPS) is 10.5. The highest BCUT2D eigenvalue weighted by Gasteiger charge is 2.09. The van der Waals surface area contributed by atoms with Gasteiger partial charge in [-0.3, -0.25) is 4.79 Å². The van der Waals surface area contributed by atoms with Gasteiger partial charge in [0.1, 0.15) is 0 Å². The third-order valence-corrected chi connectivity index (χ3v) is 3.55. The van der Waals surface area contributed by atoms with Crippen molar-refractivity contribution < 1.29 is 14.3 Å². The fourth-order valence-corrected chi connectivity index (χ4v) is 1.94. The molecule has 0 radical (unpaired) electrons. The molecule has 0 saturated carbocycles. The molecule has 1 aromatic rings. The molecule has 0 aliphatic rings. The Bertz CT molecular complexity index is 410. The molecule has 1 N–H and O–H groups in total. The molecule has 1 rings (SSSR count). The Hall–Kier alpha value is -0.910. The predicted octanol–water partition coefficient (Wildman–Crippen LogP) is 2.54. The van der Waals surface area contributed by atoms with E-state index in [0.717, 1.165) is 16.5 Å². The minimum atomic E-state index is -0.0457. The van der Waals surface area contributed by atoms with Gasteiger partial charge in [-0.15, -0.1) is 0 Å². The molecular weight excluding hydrogens is 310 g/mol. The SMILES string of the molecule is COCCOCCCNC(=O)c1cccc(Br)c1C. The largest absolute Gasteiger partial charge is 0.382 e. The van der Waals surface area contributed by atoms with E-state index in [4.69, 9.17) is 9.47 Å². The first kappa shape index (κ1) is 16.1. The molecule has 0 saturated heterocycles. The summed E-state index contributed by atoms with van der Waals surface area (Å²) in [5.74, 6) is -0.0457. The fourth-order valence-electron chi connectivity index (χ4n) is 1.57. The van der Waals surface area contributed by atoms with Crippen LogP contribution in [0.25, 0.3) is 0 Å². The average molecular weight is 330 g/mol. The molecule has 5 heteroatoms. The molecular formula is C14H20BrNO3. The summed E-state index contributed by atoms with van der Waals surface area (Å²) >= 11 is 3.42. The first-order chi connectivity index (χ1) is 9.16. The summed E-state index contributed by atoms with van der Waals surface area (Å²) < 4.78 is 11.1. The number of carbonyl (C=O) groups is 1. The maximum absolute atomic E-state index is 12.0. The van der Waals surface area contributed by atoms with Gasteiger partial charge in [-0.1, -0.05) is 22.0 Å². The van der Waals surface area contributed by atoms with Crippen LogP contribution in [0, 0.1) is 6.92 Å². The van der Waals surface area contributed by atoms with Crippen LogP contribution in [-0.4, -0.2) is 39.4 Å². The van der Waals surface area contributed by atoms with Gasteiger partial charge in [-0.05, 0) is 31.0 Å². The lowest BCUT2D eigenvalue weighted by atomic mass is 10.1. The summed E-state index contributed by atoms with van der Waals surface area (Å²) in [7, 11) is 1.64. The number of carbonyl (C=O) groups excluding carboxylic acids is 1. The summed E-state index contributed by atoms with van der Waals surface area (Å²) in [6, 6.07) is 5.61. The Morgan fingerprint density at radius 2 is 2.11 bits per heavy atom. The van der Waals surface area contributed by atoms with Gasteiger partial charge in [0, 0.05) is 30.3 Å². The molecule has 0 spiro atoms. The highest BCUT2D eigenvalue weighted by Crippen LogP contribution is 2.19. The number of halogens is 1. The van der Waals surface area contributed by atoms with Crippen LogP contribution in [0.4, 0.5) is 0 Å². The molecule has 0 aliphatic carbocycles. The lowest BCUT2D eigenvalue weighted by Gasteiger charge is -2.09. The lowest BCUT2D eigenvalue weighted by molar-refractivity contribution is 0.0688. The van der Waals surface area contributed by atoms with E-state index in [2.05, 4.69) is 21.2 Å². The summed E-state index contributed by atoms with van der Waals surface area (Å²) in [5.41, 5.74) is 1.66. The van der Waals surface area contributed by atoms with Crippen molar-refractivity contribution in [3.63, 3.8) is 0 Å². The number of nitrogens with one attached hydrogen (secondary N) is 1. The molecule has 0 aromatic heterocycles. The number of amides is 1. The molecule has 1 amide bonds. The summed E-state index contributed by atoms with van der Waals surface area (Å²) in [6.07, 6.45) is 0.794. The Balaban J connectivity index is 2.26. The molecule has 0 aliphatic heterocycles. The van der Waals surface area contributed by atoms with Gasteiger partial charge in [-0.2, -0.15) is 0 Å². The molecule has 1 aromatic carbocycles. The third kappa shape index (κ3) is 5.72. The number of methoxy groups -OCH3 is 1. The number of hydrogen-bond acceptors (Lipinski definition) is 3. The second-order valence-electron chi connectivity index (χ2n) is 4.13. The molecule has 4 nitrogen and oxygen atoms in total. The van der Waals surface area contributed by atoms with Crippen molar-refractivity contribution in [2.24, 2.45) is 0 Å². The first-order valence-corrected chi connectivity index (χ1v) is 7.06. The Morgan fingerprint density at radius 3 is 2.84 bits per heavy atom. The van der Waals surface area contributed by atoms with Gasteiger partial charge >= 0.3 is 0 Å². The first-order valence-electron chi connectivity index (χ1n) is 6.26. The van der Waals surface area contributed by atoms with Crippen molar-refractivity contribution in [3.8, 4) is 0 Å². The topological polar surface area (TPSA) is 47.6 Å². The number of hydrogen-bond donors (Lipinski definition) is 1. The van der Waals surface area contributed by atoms with Gasteiger partial charge in [-0.25, -0.2) is 0 Å². The van der Waals surface area contributed by atoms with Gasteiger partial charge in [0.2, 0.25) is 0 Å². The second kappa shape index (κ2) is 9.07. The van der Waals surface area contributed by atoms with Crippen LogP contribution in [0.1, 0.15) is 22.3 Å². The molecule has 0 fully saturated rings. The van der Waals surface area contributed by atoms with Crippen molar-refractivity contribution in [2.75, 3.05) is 33.5 Å². The minimum Gasteiger partial charge on any atom is -0.382 e. The van der Waals surface area contributed by atoms with Gasteiger partial charge in [0.15, 0.2) is 0 Å². The summed E-state index contributed by atoms with van der Waals surface area (Å²) in [5, 5.41) is 2.89. The van der Waals surface area contributed by atoms with Crippen LogP contribution in [0.15, 0.2) is 22.7 Å². The highest BCUT2D eigenvalue weighted by atomic mass is 79.9. The van der Waals surface area contributed by atoms with Crippen molar-refractivity contribution in [2.45, 2.75) is 13.3 Å². The third-order valence-electron chi connectivity index (χ3n) is 2.70. The maximum Gasteiger partial charge on any atom is 0.251 e. The molecule has 106 valence electrons. The quantitative estimate of drug-likeness (QED) is 0.745. The zero-order chi connectivity index (χ0) is 14.1. The zero-order valence-electron chi connectivity index (χ0n) is 11.4. The number of benzene rings is 1. The maximum atomic E-state index is 12.0. The van der Waals surface area contributed by atoms with Crippen molar-refractivity contribution in [1.29, 1.82) is 0 Å². The average Bonchev–Trinajstić information content (AvgIpc) is 2.40. The molecule has 0 atom stereocenters. The van der Waals surface area contributed by atoms with Crippen molar-refractivity contribution in [3.05, 3.63) is 33.8 Å². The lowest BCUT2D eigenvalue weighted by Crippen LogP contribution is -2.26. The second-order valence-corrected chi connectivity index (χ2v) is 4.98. The Labute approximate surface area is 122 Å². The Morgan fingerprint density at radius 1 is 1.32 bits per heavy atom. The minimum absolute atomic E-state index is 0.0457. The van der Waals surface area contributed by atoms with Gasteiger partial charge in [0.05, 0.1) is 13.2 Å².